The Morgan fingerprint density at radius 2 is 0.684 bits per heavy atom. The summed E-state index contributed by atoms with van der Waals surface area (Å²) < 4.78 is 2.49. The molecule has 57 heavy (non-hydrogen) atoms. The van der Waals surface area contributed by atoms with Gasteiger partial charge in [0.15, 0.2) is 0 Å². The van der Waals surface area contributed by atoms with Crippen molar-refractivity contribution in [3.05, 3.63) is 257 Å². The van der Waals surface area contributed by atoms with E-state index < -0.39 is 10.8 Å². The minimum absolute atomic E-state index is 0.456. The summed E-state index contributed by atoms with van der Waals surface area (Å²) in [5, 5.41) is 2.54. The van der Waals surface area contributed by atoms with Gasteiger partial charge in [-0.25, -0.2) is 0 Å². The van der Waals surface area contributed by atoms with E-state index in [1.54, 1.807) is 0 Å². The largest absolute Gasteiger partial charge is 0.309 e. The van der Waals surface area contributed by atoms with E-state index in [-0.39, 0.29) is 0 Å². The first-order valence-corrected chi connectivity index (χ1v) is 20.0. The average Bonchev–Trinajstić information content (AvgIpc) is 3.88. The molecule has 3 aliphatic rings. The predicted molar refractivity (Wildman–Crippen MR) is 234 cm³/mol. The third kappa shape index (κ3) is 3.75. The Balaban J connectivity index is 1.15. The van der Waals surface area contributed by atoms with E-state index in [9.17, 15) is 0 Å². The van der Waals surface area contributed by atoms with Gasteiger partial charge in [-0.2, -0.15) is 0 Å². The van der Waals surface area contributed by atoms with Crippen molar-refractivity contribution >= 4 is 21.8 Å². The average molecular weight is 722 g/mol. The molecule has 0 atom stereocenters. The third-order valence-corrected chi connectivity index (χ3v) is 13.5. The topological polar surface area (TPSA) is 4.93 Å². The molecule has 0 radical (unpaired) electrons. The zero-order valence-corrected chi connectivity index (χ0v) is 31.2. The molecule has 0 fully saturated rings. The van der Waals surface area contributed by atoms with Crippen molar-refractivity contribution in [2.45, 2.75) is 10.8 Å². The zero-order valence-electron chi connectivity index (χ0n) is 31.2. The van der Waals surface area contributed by atoms with Gasteiger partial charge in [0.05, 0.1) is 21.9 Å². The Bertz CT molecular complexity index is 3190. The standard InChI is InChI=1S/C56H35N/c1-2-16-36(17-3-1)37-30-32-38(33-31-37)57-53-29-15-7-21-42(53)44-34-43-41-20-6-10-24-47(41)56(52(43)35-54(44)57)50-27-13-11-25-48(50)55(49-26-12-14-28-51(49)56)45-22-8-4-18-39(45)40-19-5-9-23-46(40)55/h1-35H. The second-order valence-electron chi connectivity index (χ2n) is 15.9. The van der Waals surface area contributed by atoms with Gasteiger partial charge in [-0.1, -0.05) is 182 Å². The van der Waals surface area contributed by atoms with Gasteiger partial charge in [-0.15, -0.1) is 0 Å². The van der Waals surface area contributed by atoms with Crippen molar-refractivity contribution in [2.75, 3.05) is 0 Å². The maximum atomic E-state index is 2.55. The van der Waals surface area contributed by atoms with Crippen LogP contribution in [0.5, 0.6) is 0 Å². The van der Waals surface area contributed by atoms with Crippen molar-refractivity contribution < 1.29 is 0 Å². The van der Waals surface area contributed by atoms with Crippen molar-refractivity contribution in [1.29, 1.82) is 0 Å². The lowest BCUT2D eigenvalue weighted by molar-refractivity contribution is 0.633. The second-order valence-corrected chi connectivity index (χ2v) is 15.9. The first kappa shape index (κ1) is 31.0. The number of fused-ring (bicyclic) bond motifs is 19. The van der Waals surface area contributed by atoms with E-state index in [0.717, 1.165) is 5.69 Å². The summed E-state index contributed by atoms with van der Waals surface area (Å²) in [5.74, 6) is 0. The molecule has 264 valence electrons. The van der Waals surface area contributed by atoms with Gasteiger partial charge in [0, 0.05) is 16.5 Å². The molecule has 9 aromatic carbocycles. The fourth-order valence-corrected chi connectivity index (χ4v) is 11.4. The van der Waals surface area contributed by atoms with E-state index in [1.807, 2.05) is 0 Å². The number of hydrogen-bond donors (Lipinski definition) is 0. The molecule has 0 aliphatic heterocycles. The molecule has 10 aromatic rings. The van der Waals surface area contributed by atoms with E-state index in [1.165, 1.54) is 99.7 Å². The van der Waals surface area contributed by atoms with Gasteiger partial charge < -0.3 is 4.57 Å². The molecule has 0 saturated heterocycles. The first-order valence-electron chi connectivity index (χ1n) is 20.0. The Morgan fingerprint density at radius 3 is 1.25 bits per heavy atom. The summed E-state index contributed by atoms with van der Waals surface area (Å²) in [5.41, 5.74) is 21.2. The number of hydrogen-bond acceptors (Lipinski definition) is 0. The van der Waals surface area contributed by atoms with Crippen molar-refractivity contribution in [3.63, 3.8) is 0 Å². The van der Waals surface area contributed by atoms with Gasteiger partial charge in [0.2, 0.25) is 0 Å². The molecule has 0 saturated carbocycles. The quantitative estimate of drug-likeness (QED) is 0.167. The summed E-state index contributed by atoms with van der Waals surface area (Å²) in [7, 11) is 0. The van der Waals surface area contributed by atoms with Gasteiger partial charge in [-0.3, -0.25) is 0 Å². The van der Waals surface area contributed by atoms with E-state index in [4.69, 9.17) is 0 Å². The number of rotatable bonds is 2. The van der Waals surface area contributed by atoms with Crippen LogP contribution in [0.1, 0.15) is 44.5 Å². The third-order valence-electron chi connectivity index (χ3n) is 13.5. The minimum Gasteiger partial charge on any atom is -0.309 e. The minimum atomic E-state index is -0.538. The lowest BCUT2D eigenvalue weighted by Crippen LogP contribution is -2.43. The highest BCUT2D eigenvalue weighted by atomic mass is 15.0. The first-order chi connectivity index (χ1) is 28.3. The second kappa shape index (κ2) is 11.2. The highest BCUT2D eigenvalue weighted by Gasteiger charge is 2.58. The van der Waals surface area contributed by atoms with Crippen LogP contribution in [-0.4, -0.2) is 4.57 Å². The molecule has 1 heteroatoms. The monoisotopic (exact) mass is 721 g/mol. The Morgan fingerprint density at radius 1 is 0.263 bits per heavy atom. The molecule has 0 amide bonds. The summed E-state index contributed by atoms with van der Waals surface area (Å²) in [6.07, 6.45) is 0. The summed E-state index contributed by atoms with van der Waals surface area (Å²) >= 11 is 0. The zero-order chi connectivity index (χ0) is 37.3. The smallest absolute Gasteiger partial charge is 0.0720 e. The molecule has 0 unspecified atom stereocenters. The fraction of sp³-hybridized carbons (Fsp3) is 0.0357. The summed E-state index contributed by atoms with van der Waals surface area (Å²) in [4.78, 5) is 0. The van der Waals surface area contributed by atoms with E-state index in [2.05, 4.69) is 217 Å². The Kier molecular flexibility index (Phi) is 6.09. The molecule has 2 spiro atoms. The lowest BCUT2D eigenvalue weighted by atomic mass is 9.52. The van der Waals surface area contributed by atoms with Gasteiger partial charge >= 0.3 is 0 Å². The van der Waals surface area contributed by atoms with Crippen LogP contribution in [0.2, 0.25) is 0 Å². The van der Waals surface area contributed by atoms with Crippen molar-refractivity contribution in [1.82, 2.24) is 4.57 Å². The molecular weight excluding hydrogens is 687 g/mol. The Labute approximate surface area is 331 Å². The van der Waals surface area contributed by atoms with E-state index >= 15 is 0 Å². The molecule has 1 heterocycles. The maximum Gasteiger partial charge on any atom is 0.0720 e. The molecule has 1 aromatic heterocycles. The number of aromatic nitrogens is 1. The highest BCUT2D eigenvalue weighted by Crippen LogP contribution is 2.67. The molecular formula is C56H35N. The van der Waals surface area contributed by atoms with E-state index in [0.29, 0.717) is 0 Å². The predicted octanol–water partition coefficient (Wildman–Crippen LogP) is 13.5. The van der Waals surface area contributed by atoms with Crippen LogP contribution >= 0.6 is 0 Å². The number of para-hydroxylation sites is 1. The number of nitrogens with zero attached hydrogens (tertiary/aromatic N) is 1. The Hall–Kier alpha value is -7.22. The maximum absolute atomic E-state index is 2.55. The SMILES string of the molecule is c1ccc(-c2ccc(-n3c4ccccc4c4cc5c(cc43)C3(c4ccccc4-5)c4ccccc4C4(c5ccccc5-c5ccccc54)c4ccccc43)cc2)cc1. The molecule has 0 N–H and O–H groups in total. The fourth-order valence-electron chi connectivity index (χ4n) is 11.4. The molecule has 0 bridgehead atoms. The van der Waals surface area contributed by atoms with Crippen molar-refractivity contribution in [3.8, 4) is 39.1 Å². The van der Waals surface area contributed by atoms with Gasteiger partial charge in [-0.05, 0) is 108 Å². The van der Waals surface area contributed by atoms with Crippen LogP contribution in [0.3, 0.4) is 0 Å². The van der Waals surface area contributed by atoms with Crippen LogP contribution in [0, 0.1) is 0 Å². The van der Waals surface area contributed by atoms with Crippen LogP contribution in [-0.2, 0) is 10.8 Å². The molecule has 3 aliphatic carbocycles. The summed E-state index contributed by atoms with van der Waals surface area (Å²) in [6.45, 7) is 0. The van der Waals surface area contributed by atoms with Crippen LogP contribution in [0.25, 0.3) is 60.9 Å². The normalized spacial score (nSPS) is 14.6. The van der Waals surface area contributed by atoms with Crippen LogP contribution < -0.4 is 0 Å². The number of benzene rings is 9. The lowest BCUT2D eigenvalue weighted by Gasteiger charge is -2.48. The van der Waals surface area contributed by atoms with Crippen LogP contribution in [0.15, 0.2) is 212 Å². The molecule has 13 rings (SSSR count). The summed E-state index contributed by atoms with van der Waals surface area (Å²) in [6, 6.07) is 80.0. The van der Waals surface area contributed by atoms with Crippen molar-refractivity contribution in [2.24, 2.45) is 0 Å². The van der Waals surface area contributed by atoms with Crippen LogP contribution in [0.4, 0.5) is 0 Å². The molecule has 1 nitrogen and oxygen atoms in total. The highest BCUT2D eigenvalue weighted by molar-refractivity contribution is 6.12. The van der Waals surface area contributed by atoms with Gasteiger partial charge in [0.1, 0.15) is 0 Å². The van der Waals surface area contributed by atoms with Gasteiger partial charge in [0.25, 0.3) is 0 Å².